The third-order valence-electron chi connectivity index (χ3n) is 7.42. The molecular weight excluding hydrogens is 512 g/mol. The molecule has 0 radical (unpaired) electrons. The highest BCUT2D eigenvalue weighted by molar-refractivity contribution is 6.51. The number of anilines is 2. The van der Waals surface area contributed by atoms with Gasteiger partial charge in [-0.05, 0) is 48.9 Å². The standard InChI is InChI=1S/C33H28N6O2/c1-21-29-30(22-12-6-4-7-13-22)38-27-17-11-10-16-25(27)34-31(35-26-19-18-24(40-2)20-28(26)41-3)33(38)36-32(29)39(37-21)23-14-8-5-9-15-23/h4-20,30H,1-3H3,(H,34,35)/t30-/m1/s1. The van der Waals surface area contributed by atoms with Crippen molar-refractivity contribution in [2.24, 2.45) is 9.98 Å². The predicted octanol–water partition coefficient (Wildman–Crippen LogP) is 6.99. The lowest BCUT2D eigenvalue weighted by Crippen LogP contribution is -2.46. The van der Waals surface area contributed by atoms with Crippen molar-refractivity contribution in [2.75, 3.05) is 24.4 Å². The zero-order valence-corrected chi connectivity index (χ0v) is 22.9. The quantitative estimate of drug-likeness (QED) is 0.260. The van der Waals surface area contributed by atoms with E-state index in [1.165, 1.54) is 0 Å². The fraction of sp³-hybridized carbons (Fsp3) is 0.121. The van der Waals surface area contributed by atoms with Gasteiger partial charge in [-0.1, -0.05) is 60.7 Å². The summed E-state index contributed by atoms with van der Waals surface area (Å²) >= 11 is 0. The average molecular weight is 541 g/mol. The zero-order chi connectivity index (χ0) is 27.9. The summed E-state index contributed by atoms with van der Waals surface area (Å²) in [5, 5.41) is 8.52. The molecule has 4 aromatic carbocycles. The first-order valence-corrected chi connectivity index (χ1v) is 13.4. The first kappa shape index (κ1) is 24.7. The highest BCUT2D eigenvalue weighted by Gasteiger charge is 2.41. The van der Waals surface area contributed by atoms with Gasteiger partial charge in [-0.2, -0.15) is 5.10 Å². The van der Waals surface area contributed by atoms with Crippen molar-refractivity contribution in [3.8, 4) is 17.2 Å². The Labute approximate surface area is 238 Å². The number of nitrogens with one attached hydrogen (secondary N) is 1. The van der Waals surface area contributed by atoms with E-state index in [-0.39, 0.29) is 6.04 Å². The van der Waals surface area contributed by atoms with Crippen molar-refractivity contribution >= 4 is 34.6 Å². The fourth-order valence-corrected chi connectivity index (χ4v) is 5.53. The molecule has 3 heterocycles. The number of hydrogen-bond donors (Lipinski definition) is 1. The Bertz CT molecular complexity index is 1810. The maximum atomic E-state index is 5.70. The minimum absolute atomic E-state index is 0.178. The van der Waals surface area contributed by atoms with E-state index >= 15 is 0 Å². The number of aryl methyl sites for hydroxylation is 1. The van der Waals surface area contributed by atoms with Gasteiger partial charge in [-0.25, -0.2) is 14.7 Å². The molecule has 8 heteroatoms. The van der Waals surface area contributed by atoms with Crippen LogP contribution in [0.15, 0.2) is 113 Å². The Kier molecular flexibility index (Phi) is 6.00. The van der Waals surface area contributed by atoms with Crippen LogP contribution in [0.4, 0.5) is 22.9 Å². The van der Waals surface area contributed by atoms with Gasteiger partial charge in [0.2, 0.25) is 0 Å². The SMILES string of the molecule is COc1ccc(NC2=Nc3ccccc3N3C2=Nc2c(c(C)nn2-c2ccccc2)[C@H]3c2ccccc2)c(OC)c1. The summed E-state index contributed by atoms with van der Waals surface area (Å²) in [4.78, 5) is 12.6. The summed E-state index contributed by atoms with van der Waals surface area (Å²) in [5.41, 5.74) is 6.64. The molecular formula is C33H28N6O2. The second-order valence-corrected chi connectivity index (χ2v) is 9.83. The molecule has 0 saturated heterocycles. The molecule has 0 spiro atoms. The third kappa shape index (κ3) is 4.12. The molecule has 0 bridgehead atoms. The predicted molar refractivity (Wildman–Crippen MR) is 163 cm³/mol. The number of amidine groups is 2. The van der Waals surface area contributed by atoms with E-state index in [0.29, 0.717) is 23.2 Å². The average Bonchev–Trinajstić information content (AvgIpc) is 3.36. The summed E-state index contributed by atoms with van der Waals surface area (Å²) in [6.45, 7) is 2.06. The van der Waals surface area contributed by atoms with Crippen LogP contribution in [0.25, 0.3) is 5.69 Å². The molecule has 1 aromatic heterocycles. The van der Waals surface area contributed by atoms with Crippen LogP contribution >= 0.6 is 0 Å². The van der Waals surface area contributed by atoms with Crippen molar-refractivity contribution < 1.29 is 9.47 Å². The van der Waals surface area contributed by atoms with E-state index in [2.05, 4.69) is 47.5 Å². The van der Waals surface area contributed by atoms with Crippen LogP contribution in [0.2, 0.25) is 0 Å². The van der Waals surface area contributed by atoms with Gasteiger partial charge in [0.05, 0.1) is 48.7 Å². The van der Waals surface area contributed by atoms with Crippen LogP contribution in [0, 0.1) is 6.92 Å². The molecule has 2 aliphatic heterocycles. The van der Waals surface area contributed by atoms with E-state index in [1.54, 1.807) is 14.2 Å². The smallest absolute Gasteiger partial charge is 0.179 e. The van der Waals surface area contributed by atoms with Gasteiger partial charge >= 0.3 is 0 Å². The number of benzene rings is 4. The van der Waals surface area contributed by atoms with Gasteiger partial charge in [0.1, 0.15) is 11.5 Å². The second kappa shape index (κ2) is 9.98. The summed E-state index contributed by atoms with van der Waals surface area (Å²) in [5.74, 6) is 3.43. The maximum Gasteiger partial charge on any atom is 0.179 e. The molecule has 7 rings (SSSR count). The van der Waals surface area contributed by atoms with E-state index in [4.69, 9.17) is 24.6 Å². The van der Waals surface area contributed by atoms with Crippen LogP contribution in [0.5, 0.6) is 11.5 Å². The normalized spacial score (nSPS) is 15.2. The van der Waals surface area contributed by atoms with Crippen LogP contribution in [-0.2, 0) is 0 Å². The third-order valence-corrected chi connectivity index (χ3v) is 7.42. The summed E-state index contributed by atoms with van der Waals surface area (Å²) in [7, 11) is 3.28. The van der Waals surface area contributed by atoms with Crippen molar-refractivity contribution in [2.45, 2.75) is 13.0 Å². The lowest BCUT2D eigenvalue weighted by atomic mass is 9.93. The van der Waals surface area contributed by atoms with Gasteiger partial charge in [0.25, 0.3) is 0 Å². The first-order valence-electron chi connectivity index (χ1n) is 13.4. The molecule has 0 fully saturated rings. The minimum Gasteiger partial charge on any atom is -0.497 e. The Balaban J connectivity index is 1.48. The van der Waals surface area contributed by atoms with Gasteiger partial charge in [0, 0.05) is 11.6 Å². The van der Waals surface area contributed by atoms with Gasteiger partial charge in [-0.15, -0.1) is 0 Å². The number of rotatable bonds is 5. The van der Waals surface area contributed by atoms with E-state index < -0.39 is 0 Å². The van der Waals surface area contributed by atoms with Gasteiger partial charge < -0.3 is 19.7 Å². The number of ether oxygens (including phenoxy) is 2. The Morgan fingerprint density at radius 1 is 0.780 bits per heavy atom. The second-order valence-electron chi connectivity index (χ2n) is 9.83. The van der Waals surface area contributed by atoms with Crippen LogP contribution in [0.3, 0.4) is 0 Å². The lowest BCUT2D eigenvalue weighted by molar-refractivity contribution is 0.395. The van der Waals surface area contributed by atoms with E-state index in [0.717, 1.165) is 45.4 Å². The van der Waals surface area contributed by atoms with Crippen molar-refractivity contribution in [3.05, 3.63) is 120 Å². The lowest BCUT2D eigenvalue weighted by Gasteiger charge is -2.40. The molecule has 1 atom stereocenters. The summed E-state index contributed by atoms with van der Waals surface area (Å²) in [6.07, 6.45) is 0. The van der Waals surface area contributed by atoms with Crippen LogP contribution < -0.4 is 19.7 Å². The summed E-state index contributed by atoms with van der Waals surface area (Å²) < 4.78 is 13.0. The number of hydrogen-bond acceptors (Lipinski definition) is 7. The molecule has 202 valence electrons. The van der Waals surface area contributed by atoms with Crippen molar-refractivity contribution in [1.29, 1.82) is 0 Å². The van der Waals surface area contributed by atoms with E-state index in [1.807, 2.05) is 77.5 Å². The largest absolute Gasteiger partial charge is 0.497 e. The Morgan fingerprint density at radius 3 is 2.27 bits per heavy atom. The highest BCUT2D eigenvalue weighted by atomic mass is 16.5. The van der Waals surface area contributed by atoms with E-state index in [9.17, 15) is 0 Å². The molecule has 2 aliphatic rings. The molecule has 0 saturated carbocycles. The Morgan fingerprint density at radius 2 is 1.51 bits per heavy atom. The molecule has 0 unspecified atom stereocenters. The monoisotopic (exact) mass is 540 g/mol. The van der Waals surface area contributed by atoms with Crippen molar-refractivity contribution in [3.63, 3.8) is 0 Å². The molecule has 0 aliphatic carbocycles. The molecule has 1 N–H and O–H groups in total. The minimum atomic E-state index is -0.178. The number of para-hydroxylation sites is 3. The zero-order valence-electron chi connectivity index (χ0n) is 22.9. The Hall–Kier alpha value is -5.37. The van der Waals surface area contributed by atoms with Crippen LogP contribution in [0.1, 0.15) is 22.9 Å². The molecule has 41 heavy (non-hydrogen) atoms. The first-order chi connectivity index (χ1) is 20.2. The highest BCUT2D eigenvalue weighted by Crippen LogP contribution is 2.48. The number of nitrogens with zero attached hydrogens (tertiary/aromatic N) is 5. The molecule has 5 aromatic rings. The number of aromatic nitrogens is 2. The fourth-order valence-electron chi connectivity index (χ4n) is 5.53. The summed E-state index contributed by atoms with van der Waals surface area (Å²) in [6, 6.07) is 34.2. The van der Waals surface area contributed by atoms with Gasteiger partial charge in [0.15, 0.2) is 17.5 Å². The van der Waals surface area contributed by atoms with Gasteiger partial charge in [-0.3, -0.25) is 0 Å². The number of aliphatic imine (C=N–C) groups is 2. The van der Waals surface area contributed by atoms with Crippen LogP contribution in [-0.4, -0.2) is 35.7 Å². The number of methoxy groups -OCH3 is 2. The molecule has 0 amide bonds. The molecule has 8 nitrogen and oxygen atoms in total. The topological polar surface area (TPSA) is 76.3 Å². The van der Waals surface area contributed by atoms with Crippen molar-refractivity contribution in [1.82, 2.24) is 9.78 Å². The number of fused-ring (bicyclic) bond motifs is 4. The maximum absolute atomic E-state index is 5.70.